The summed E-state index contributed by atoms with van der Waals surface area (Å²) in [5.41, 5.74) is 1.59. The summed E-state index contributed by atoms with van der Waals surface area (Å²) in [5, 5.41) is 1.51. The van der Waals surface area contributed by atoms with E-state index >= 15 is 0 Å². The molecule has 0 bridgehead atoms. The van der Waals surface area contributed by atoms with Crippen molar-refractivity contribution in [1.82, 2.24) is 10.1 Å². The molecule has 0 spiro atoms. The molecule has 26 heavy (non-hydrogen) atoms. The number of carbonyl (C=O) groups excluding carboxylic acids is 4. The van der Waals surface area contributed by atoms with E-state index in [1.807, 2.05) is 0 Å². The van der Waals surface area contributed by atoms with Gasteiger partial charge in [0.15, 0.2) is 0 Å². The van der Waals surface area contributed by atoms with Crippen LogP contribution in [0.5, 0.6) is 0 Å². The van der Waals surface area contributed by atoms with Gasteiger partial charge < -0.3 is 0 Å². The third-order valence-corrected chi connectivity index (χ3v) is 3.88. The third-order valence-electron chi connectivity index (χ3n) is 3.88. The van der Waals surface area contributed by atoms with Gasteiger partial charge in [0.05, 0.1) is 36.5 Å². The second-order valence-electron chi connectivity index (χ2n) is 5.27. The van der Waals surface area contributed by atoms with Crippen LogP contribution in [0.3, 0.4) is 0 Å². The molecule has 8 heteroatoms. The molecule has 0 fully saturated rings. The number of amides is 4. The van der Waals surface area contributed by atoms with E-state index < -0.39 is 23.6 Å². The van der Waals surface area contributed by atoms with E-state index in [4.69, 9.17) is 0 Å². The summed E-state index contributed by atoms with van der Waals surface area (Å²) in [5.74, 6) is -1.60. The lowest BCUT2D eigenvalue weighted by atomic mass is 10.1. The van der Waals surface area contributed by atoms with E-state index in [2.05, 4.69) is 9.68 Å². The van der Waals surface area contributed by atoms with Crippen LogP contribution in [0, 0.1) is 0 Å². The molecule has 2 aromatic carbocycles. The zero-order chi connectivity index (χ0) is 18.8. The standard InChI is InChI=1S/2C9H7NO3/c2*1-13-10-8(11)6-4-2-3-5-7(6)9(10)12/h2*2-5H,1H3. The number of benzene rings is 2. The quantitative estimate of drug-likeness (QED) is 0.762. The predicted octanol–water partition coefficient (Wildman–Crippen LogP) is 1.69. The van der Waals surface area contributed by atoms with Crippen molar-refractivity contribution in [3.63, 3.8) is 0 Å². The van der Waals surface area contributed by atoms with Crippen molar-refractivity contribution < 1.29 is 28.9 Å². The van der Waals surface area contributed by atoms with Gasteiger partial charge >= 0.3 is 0 Å². The maximum absolute atomic E-state index is 11.4. The van der Waals surface area contributed by atoms with Crippen molar-refractivity contribution in [1.29, 1.82) is 0 Å². The minimum Gasteiger partial charge on any atom is -0.266 e. The number of carbonyl (C=O) groups is 4. The topological polar surface area (TPSA) is 93.2 Å². The summed E-state index contributed by atoms with van der Waals surface area (Å²) in [6, 6.07) is 13.3. The van der Waals surface area contributed by atoms with Crippen molar-refractivity contribution in [3.8, 4) is 0 Å². The average molecular weight is 354 g/mol. The number of rotatable bonds is 2. The fourth-order valence-corrected chi connectivity index (χ4v) is 2.67. The monoisotopic (exact) mass is 354 g/mol. The van der Waals surface area contributed by atoms with E-state index in [0.717, 1.165) is 10.1 Å². The van der Waals surface area contributed by atoms with Crippen LogP contribution in [0.4, 0.5) is 0 Å². The Morgan fingerprint density at radius 3 is 0.962 bits per heavy atom. The summed E-state index contributed by atoms with van der Waals surface area (Å²) >= 11 is 0. The summed E-state index contributed by atoms with van der Waals surface area (Å²) in [6.45, 7) is 0. The van der Waals surface area contributed by atoms with Gasteiger partial charge in [-0.15, -0.1) is 10.1 Å². The lowest BCUT2D eigenvalue weighted by molar-refractivity contribution is -0.0649. The zero-order valence-corrected chi connectivity index (χ0v) is 14.0. The molecule has 0 aromatic heterocycles. The Kier molecular flexibility index (Phi) is 4.61. The molecule has 0 radical (unpaired) electrons. The fraction of sp³-hybridized carbons (Fsp3) is 0.111. The lowest BCUT2D eigenvalue weighted by Crippen LogP contribution is -2.28. The molecule has 8 nitrogen and oxygen atoms in total. The molecular weight excluding hydrogens is 340 g/mol. The fourth-order valence-electron chi connectivity index (χ4n) is 2.67. The molecule has 0 aliphatic carbocycles. The SMILES string of the molecule is CON1C(=O)c2ccccc2C1=O.CON1C(=O)c2ccccc2C1=O. The van der Waals surface area contributed by atoms with Crippen LogP contribution in [0.2, 0.25) is 0 Å². The van der Waals surface area contributed by atoms with Crippen molar-refractivity contribution in [2.24, 2.45) is 0 Å². The summed E-state index contributed by atoms with van der Waals surface area (Å²) in [4.78, 5) is 55.0. The summed E-state index contributed by atoms with van der Waals surface area (Å²) < 4.78 is 0. The Bertz CT molecular complexity index is 778. The highest BCUT2D eigenvalue weighted by Crippen LogP contribution is 2.22. The predicted molar refractivity (Wildman–Crippen MR) is 87.9 cm³/mol. The number of hydrogen-bond acceptors (Lipinski definition) is 6. The first-order valence-corrected chi connectivity index (χ1v) is 7.55. The Labute approximate surface area is 148 Å². The van der Waals surface area contributed by atoms with Gasteiger partial charge in [-0.05, 0) is 24.3 Å². The lowest BCUT2D eigenvalue weighted by Gasteiger charge is -2.07. The second-order valence-corrected chi connectivity index (χ2v) is 5.27. The van der Waals surface area contributed by atoms with Gasteiger partial charge in [-0.3, -0.25) is 28.9 Å². The Morgan fingerprint density at radius 2 is 0.769 bits per heavy atom. The van der Waals surface area contributed by atoms with Crippen LogP contribution in [-0.4, -0.2) is 48.0 Å². The Morgan fingerprint density at radius 1 is 0.538 bits per heavy atom. The highest BCUT2D eigenvalue weighted by atomic mass is 16.7. The normalized spacial score (nSPS) is 15.0. The number of fused-ring (bicyclic) bond motifs is 2. The van der Waals surface area contributed by atoms with E-state index in [-0.39, 0.29) is 0 Å². The van der Waals surface area contributed by atoms with Gasteiger partial charge in [0.2, 0.25) is 0 Å². The van der Waals surface area contributed by atoms with Gasteiger partial charge in [0.25, 0.3) is 23.6 Å². The molecule has 132 valence electrons. The maximum Gasteiger partial charge on any atom is 0.285 e. The first kappa shape index (κ1) is 17.5. The second kappa shape index (κ2) is 6.87. The zero-order valence-electron chi connectivity index (χ0n) is 14.0. The third kappa shape index (κ3) is 2.67. The van der Waals surface area contributed by atoms with Crippen LogP contribution in [0.15, 0.2) is 48.5 Å². The van der Waals surface area contributed by atoms with Gasteiger partial charge in [0.1, 0.15) is 0 Å². The van der Waals surface area contributed by atoms with E-state index in [1.165, 1.54) is 14.2 Å². The molecule has 0 N–H and O–H groups in total. The summed E-state index contributed by atoms with van der Waals surface area (Å²) in [6.07, 6.45) is 0. The van der Waals surface area contributed by atoms with Gasteiger partial charge in [-0.25, -0.2) is 0 Å². The van der Waals surface area contributed by atoms with Crippen molar-refractivity contribution >= 4 is 23.6 Å². The van der Waals surface area contributed by atoms with Crippen molar-refractivity contribution in [2.75, 3.05) is 14.2 Å². The molecule has 2 aliphatic rings. The van der Waals surface area contributed by atoms with Gasteiger partial charge in [-0.1, -0.05) is 24.3 Å². The Hall–Kier alpha value is -3.36. The highest BCUT2D eigenvalue weighted by molar-refractivity contribution is 6.21. The molecule has 4 rings (SSSR count). The molecule has 2 heterocycles. The smallest absolute Gasteiger partial charge is 0.266 e. The molecule has 2 aromatic rings. The largest absolute Gasteiger partial charge is 0.285 e. The molecule has 0 unspecified atom stereocenters. The van der Waals surface area contributed by atoms with Crippen LogP contribution >= 0.6 is 0 Å². The van der Waals surface area contributed by atoms with Crippen LogP contribution < -0.4 is 0 Å². The van der Waals surface area contributed by atoms with Crippen molar-refractivity contribution in [2.45, 2.75) is 0 Å². The van der Waals surface area contributed by atoms with E-state index in [9.17, 15) is 19.2 Å². The maximum atomic E-state index is 11.4. The first-order valence-electron chi connectivity index (χ1n) is 7.55. The number of nitrogens with zero attached hydrogens (tertiary/aromatic N) is 2. The molecule has 4 amide bonds. The summed E-state index contributed by atoms with van der Waals surface area (Å²) in [7, 11) is 2.59. The Balaban J connectivity index is 0.000000151. The minimum absolute atomic E-state index is 0.398. The highest BCUT2D eigenvalue weighted by Gasteiger charge is 2.36. The molecule has 0 atom stereocenters. The minimum atomic E-state index is -0.400. The molecule has 0 saturated heterocycles. The van der Waals surface area contributed by atoms with Gasteiger partial charge in [0, 0.05) is 0 Å². The average Bonchev–Trinajstić information content (AvgIpc) is 3.07. The van der Waals surface area contributed by atoms with Crippen LogP contribution in [0.1, 0.15) is 41.4 Å². The van der Waals surface area contributed by atoms with E-state index in [0.29, 0.717) is 22.3 Å². The first-order chi connectivity index (χ1) is 12.5. The van der Waals surface area contributed by atoms with Crippen molar-refractivity contribution in [3.05, 3.63) is 70.8 Å². The number of imide groups is 2. The molecule has 2 aliphatic heterocycles. The van der Waals surface area contributed by atoms with Crippen LogP contribution in [0.25, 0.3) is 0 Å². The van der Waals surface area contributed by atoms with Gasteiger partial charge in [-0.2, -0.15) is 0 Å². The number of hydrogen-bond donors (Lipinski definition) is 0. The van der Waals surface area contributed by atoms with E-state index in [1.54, 1.807) is 48.5 Å². The number of hydroxylamine groups is 4. The molecular formula is C18H14N2O6. The molecule has 0 saturated carbocycles. The van der Waals surface area contributed by atoms with Crippen LogP contribution in [-0.2, 0) is 9.68 Å².